The van der Waals surface area contributed by atoms with Crippen LogP contribution in [0.15, 0.2) is 61.1 Å². The molecular weight excluding hydrogens is 352 g/mol. The number of para-hydroxylation sites is 2. The molecule has 0 unspecified atom stereocenters. The molecule has 6 heteroatoms. The molecule has 2 aromatic carbocycles. The van der Waals surface area contributed by atoms with Crippen LogP contribution in [0.3, 0.4) is 0 Å². The fourth-order valence-corrected chi connectivity index (χ4v) is 3.19. The van der Waals surface area contributed by atoms with Gasteiger partial charge in [-0.15, -0.1) is 0 Å². The van der Waals surface area contributed by atoms with Gasteiger partial charge in [-0.25, -0.2) is 9.97 Å². The number of rotatable bonds is 3. The van der Waals surface area contributed by atoms with E-state index in [1.165, 1.54) is 6.33 Å². The first-order chi connectivity index (χ1) is 13.3. The van der Waals surface area contributed by atoms with Crippen molar-refractivity contribution in [3.63, 3.8) is 0 Å². The molecule has 0 saturated heterocycles. The molecular formula is C22H22N4O2. The average Bonchev–Trinajstić information content (AvgIpc) is 3.06. The third-order valence-corrected chi connectivity index (χ3v) is 4.59. The van der Waals surface area contributed by atoms with Crippen LogP contribution in [0.1, 0.15) is 20.8 Å². The largest absolute Gasteiger partial charge is 0.504 e. The highest BCUT2D eigenvalue weighted by Gasteiger charge is 2.22. The predicted octanol–water partition coefficient (Wildman–Crippen LogP) is 4.93. The minimum atomic E-state index is -0.148. The number of phenols is 1. The van der Waals surface area contributed by atoms with Gasteiger partial charge >= 0.3 is 0 Å². The maximum Gasteiger partial charge on any atom is 0.169 e. The van der Waals surface area contributed by atoms with Crippen LogP contribution in [-0.2, 0) is 5.54 Å². The summed E-state index contributed by atoms with van der Waals surface area (Å²) in [6.07, 6.45) is 3.56. The van der Waals surface area contributed by atoms with Crippen molar-refractivity contribution in [1.29, 1.82) is 0 Å². The molecule has 4 rings (SSSR count). The van der Waals surface area contributed by atoms with Crippen LogP contribution in [0.2, 0.25) is 0 Å². The first kappa shape index (κ1) is 17.9. The Morgan fingerprint density at radius 3 is 2.39 bits per heavy atom. The highest BCUT2D eigenvalue weighted by Crippen LogP contribution is 2.37. The highest BCUT2D eigenvalue weighted by atomic mass is 16.5. The van der Waals surface area contributed by atoms with Crippen LogP contribution in [0, 0.1) is 0 Å². The van der Waals surface area contributed by atoms with E-state index in [-0.39, 0.29) is 11.3 Å². The van der Waals surface area contributed by atoms with Gasteiger partial charge in [0.25, 0.3) is 0 Å². The Kier molecular flexibility index (Phi) is 4.19. The molecule has 0 atom stereocenters. The Morgan fingerprint density at radius 2 is 1.71 bits per heavy atom. The molecule has 0 spiro atoms. The molecule has 0 fully saturated rings. The number of hydrogen-bond acceptors (Lipinski definition) is 5. The summed E-state index contributed by atoms with van der Waals surface area (Å²) < 4.78 is 7.88. The molecule has 0 aliphatic carbocycles. The first-order valence-corrected chi connectivity index (χ1v) is 9.03. The van der Waals surface area contributed by atoms with Gasteiger partial charge in [0.05, 0.1) is 5.39 Å². The maximum atomic E-state index is 9.88. The molecule has 0 aliphatic rings. The topological polar surface area (TPSA) is 86.2 Å². The van der Waals surface area contributed by atoms with Gasteiger partial charge in [-0.3, -0.25) is 0 Å². The molecule has 0 amide bonds. The standard InChI is InChI=1S/C22H22N4O2/c1-22(2,3)26-12-16(19-20(23)24-13-25-21(19)26)14-8-10-15(11-9-14)28-18-7-5-4-6-17(18)27/h4-13,27H,1-3H3,(H2,23,24,25). The number of ether oxygens (including phenoxy) is 1. The Morgan fingerprint density at radius 1 is 1.00 bits per heavy atom. The van der Waals surface area contributed by atoms with E-state index in [4.69, 9.17) is 10.5 Å². The van der Waals surface area contributed by atoms with E-state index in [1.54, 1.807) is 18.2 Å². The third-order valence-electron chi connectivity index (χ3n) is 4.59. The van der Waals surface area contributed by atoms with Crippen molar-refractivity contribution in [3.05, 3.63) is 61.1 Å². The summed E-state index contributed by atoms with van der Waals surface area (Å²) in [5.74, 6) is 1.61. The number of phenolic OH excluding ortho intramolecular Hbond substituents is 1. The number of nitrogens with two attached hydrogens (primary N) is 1. The smallest absolute Gasteiger partial charge is 0.169 e. The van der Waals surface area contributed by atoms with Crippen molar-refractivity contribution in [2.75, 3.05) is 5.73 Å². The second-order valence-corrected chi connectivity index (χ2v) is 7.64. The van der Waals surface area contributed by atoms with Gasteiger partial charge in [-0.1, -0.05) is 24.3 Å². The lowest BCUT2D eigenvalue weighted by Gasteiger charge is -2.21. The number of aromatic nitrogens is 3. The minimum Gasteiger partial charge on any atom is -0.504 e. The fourth-order valence-electron chi connectivity index (χ4n) is 3.19. The van der Waals surface area contributed by atoms with Gasteiger partial charge in [0, 0.05) is 17.3 Å². The SMILES string of the molecule is CC(C)(C)n1cc(-c2ccc(Oc3ccccc3O)cc2)c2c(N)ncnc21. The molecule has 2 heterocycles. The lowest BCUT2D eigenvalue weighted by atomic mass is 10.1. The molecule has 0 aliphatic heterocycles. The van der Waals surface area contributed by atoms with E-state index < -0.39 is 0 Å². The van der Waals surface area contributed by atoms with Gasteiger partial charge in [-0.05, 0) is 50.6 Å². The van der Waals surface area contributed by atoms with Crippen LogP contribution < -0.4 is 10.5 Å². The molecule has 6 nitrogen and oxygen atoms in total. The normalized spacial score (nSPS) is 11.7. The summed E-state index contributed by atoms with van der Waals surface area (Å²) in [4.78, 5) is 8.63. The molecule has 0 saturated carbocycles. The highest BCUT2D eigenvalue weighted by molar-refractivity contribution is 6.00. The zero-order valence-electron chi connectivity index (χ0n) is 16.0. The van der Waals surface area contributed by atoms with Gasteiger partial charge in [0.15, 0.2) is 11.5 Å². The average molecular weight is 374 g/mol. The van der Waals surface area contributed by atoms with Crippen molar-refractivity contribution in [2.24, 2.45) is 0 Å². The van der Waals surface area contributed by atoms with Crippen LogP contribution in [0.5, 0.6) is 17.2 Å². The van der Waals surface area contributed by atoms with Crippen LogP contribution in [0.4, 0.5) is 5.82 Å². The minimum absolute atomic E-state index is 0.102. The quantitative estimate of drug-likeness (QED) is 0.531. The first-order valence-electron chi connectivity index (χ1n) is 9.03. The fraction of sp³-hybridized carbons (Fsp3) is 0.182. The molecule has 0 radical (unpaired) electrons. The molecule has 4 aromatic rings. The number of anilines is 1. The van der Waals surface area contributed by atoms with Crippen molar-refractivity contribution >= 4 is 16.9 Å². The number of aromatic hydroxyl groups is 1. The van der Waals surface area contributed by atoms with Gasteiger partial charge in [0.2, 0.25) is 0 Å². The third kappa shape index (κ3) is 3.13. The second kappa shape index (κ2) is 6.56. The van der Waals surface area contributed by atoms with Crippen LogP contribution >= 0.6 is 0 Å². The molecule has 142 valence electrons. The Bertz CT molecular complexity index is 1140. The van der Waals surface area contributed by atoms with E-state index in [2.05, 4.69) is 41.5 Å². The molecule has 2 aromatic heterocycles. The van der Waals surface area contributed by atoms with E-state index in [1.807, 2.05) is 30.3 Å². The number of fused-ring (bicyclic) bond motifs is 1. The van der Waals surface area contributed by atoms with E-state index in [9.17, 15) is 5.11 Å². The van der Waals surface area contributed by atoms with Crippen LogP contribution in [0.25, 0.3) is 22.2 Å². The van der Waals surface area contributed by atoms with Crippen molar-refractivity contribution in [2.45, 2.75) is 26.3 Å². The Labute approximate surface area is 163 Å². The summed E-state index contributed by atoms with van der Waals surface area (Å²) in [6, 6.07) is 14.5. The summed E-state index contributed by atoms with van der Waals surface area (Å²) >= 11 is 0. The maximum absolute atomic E-state index is 9.88. The van der Waals surface area contributed by atoms with E-state index >= 15 is 0 Å². The number of hydrogen-bond donors (Lipinski definition) is 2. The van der Waals surface area contributed by atoms with E-state index in [0.29, 0.717) is 17.3 Å². The summed E-state index contributed by atoms with van der Waals surface area (Å²) in [6.45, 7) is 6.37. The number of nitrogens with zero attached hydrogens (tertiary/aromatic N) is 3. The Balaban J connectivity index is 1.76. The monoisotopic (exact) mass is 374 g/mol. The van der Waals surface area contributed by atoms with Crippen molar-refractivity contribution < 1.29 is 9.84 Å². The predicted molar refractivity (Wildman–Crippen MR) is 111 cm³/mol. The zero-order chi connectivity index (χ0) is 19.9. The number of nitrogen functional groups attached to an aromatic ring is 1. The van der Waals surface area contributed by atoms with Gasteiger partial charge in [-0.2, -0.15) is 0 Å². The zero-order valence-corrected chi connectivity index (χ0v) is 16.0. The lowest BCUT2D eigenvalue weighted by Crippen LogP contribution is -2.21. The van der Waals surface area contributed by atoms with Crippen LogP contribution in [-0.4, -0.2) is 19.6 Å². The lowest BCUT2D eigenvalue weighted by molar-refractivity contribution is 0.408. The molecule has 0 bridgehead atoms. The van der Waals surface area contributed by atoms with Crippen molar-refractivity contribution in [3.8, 4) is 28.4 Å². The number of benzene rings is 2. The van der Waals surface area contributed by atoms with Gasteiger partial charge < -0.3 is 20.1 Å². The van der Waals surface area contributed by atoms with E-state index in [0.717, 1.165) is 22.2 Å². The second-order valence-electron chi connectivity index (χ2n) is 7.64. The summed E-state index contributed by atoms with van der Waals surface area (Å²) in [5.41, 5.74) is 8.80. The Hall–Kier alpha value is -3.54. The summed E-state index contributed by atoms with van der Waals surface area (Å²) in [7, 11) is 0. The van der Waals surface area contributed by atoms with Gasteiger partial charge in [0.1, 0.15) is 23.5 Å². The molecule has 3 N–H and O–H groups in total. The summed E-state index contributed by atoms with van der Waals surface area (Å²) in [5, 5.41) is 10.7. The molecule has 28 heavy (non-hydrogen) atoms. The van der Waals surface area contributed by atoms with Crippen molar-refractivity contribution in [1.82, 2.24) is 14.5 Å².